The van der Waals surface area contributed by atoms with Gasteiger partial charge in [-0.2, -0.15) is 0 Å². The van der Waals surface area contributed by atoms with Gasteiger partial charge in [-0.1, -0.05) is 12.5 Å². The normalized spacial score (nSPS) is 19.3. The van der Waals surface area contributed by atoms with E-state index < -0.39 is 11.6 Å². The van der Waals surface area contributed by atoms with Crippen LogP contribution in [0.2, 0.25) is 0 Å². The molecule has 0 bridgehead atoms. The van der Waals surface area contributed by atoms with Crippen molar-refractivity contribution in [3.8, 4) is 0 Å². The number of hydrogen-bond donors (Lipinski definition) is 2. The Morgan fingerprint density at radius 2 is 1.94 bits per heavy atom. The Hall–Kier alpha value is -1.00. The zero-order valence-electron chi connectivity index (χ0n) is 10.9. The molecule has 0 aliphatic heterocycles. The minimum absolute atomic E-state index is 0.0637. The molecular weight excluding hydrogens is 234 g/mol. The van der Waals surface area contributed by atoms with Crippen molar-refractivity contribution in [2.75, 3.05) is 20.6 Å². The molecule has 0 aromatic heterocycles. The highest BCUT2D eigenvalue weighted by Crippen LogP contribution is 2.49. The molecule has 1 fully saturated rings. The second-order valence-electron chi connectivity index (χ2n) is 5.14. The van der Waals surface area contributed by atoms with Crippen LogP contribution in [0.25, 0.3) is 0 Å². The monoisotopic (exact) mass is 254 g/mol. The van der Waals surface area contributed by atoms with E-state index in [0.29, 0.717) is 0 Å². The first-order valence-corrected chi connectivity index (χ1v) is 6.40. The molecule has 0 spiro atoms. The van der Waals surface area contributed by atoms with Gasteiger partial charge in [0.25, 0.3) is 0 Å². The molecule has 0 amide bonds. The molecule has 2 rings (SSSR count). The summed E-state index contributed by atoms with van der Waals surface area (Å²) in [6.45, 7) is 0.886. The number of benzene rings is 1. The van der Waals surface area contributed by atoms with Crippen molar-refractivity contribution in [2.24, 2.45) is 5.41 Å². The van der Waals surface area contributed by atoms with Crippen molar-refractivity contribution in [3.05, 3.63) is 35.4 Å². The van der Waals surface area contributed by atoms with Gasteiger partial charge in [0.15, 0.2) is 11.6 Å². The third-order valence-electron chi connectivity index (χ3n) is 4.06. The summed E-state index contributed by atoms with van der Waals surface area (Å²) in [5.41, 5.74) is 0.944. The van der Waals surface area contributed by atoms with Gasteiger partial charge < -0.3 is 10.6 Å². The van der Waals surface area contributed by atoms with E-state index in [9.17, 15) is 8.78 Å². The van der Waals surface area contributed by atoms with Crippen LogP contribution in [0, 0.1) is 17.0 Å². The fourth-order valence-electron chi connectivity index (χ4n) is 3.07. The Bertz CT molecular complexity index is 416. The molecule has 1 aromatic carbocycles. The minimum Gasteiger partial charge on any atom is -0.319 e. The van der Waals surface area contributed by atoms with Gasteiger partial charge in [0, 0.05) is 18.0 Å². The van der Waals surface area contributed by atoms with Gasteiger partial charge in [-0.25, -0.2) is 8.78 Å². The standard InChI is InChI=1S/C14H20F2N2/c1-17-9-14(6-3-7-14)13(18-2)10-4-5-11(15)12(16)8-10/h4-5,8,13,17-18H,3,6-7,9H2,1-2H3. The van der Waals surface area contributed by atoms with Crippen LogP contribution in [-0.2, 0) is 0 Å². The third kappa shape index (κ3) is 2.27. The Balaban J connectivity index is 2.29. The number of halogens is 2. The second-order valence-corrected chi connectivity index (χ2v) is 5.14. The van der Waals surface area contributed by atoms with Gasteiger partial charge in [-0.3, -0.25) is 0 Å². The van der Waals surface area contributed by atoms with E-state index in [0.717, 1.165) is 24.9 Å². The van der Waals surface area contributed by atoms with Crippen LogP contribution >= 0.6 is 0 Å². The molecule has 1 aromatic rings. The maximum absolute atomic E-state index is 13.4. The number of nitrogens with one attached hydrogen (secondary N) is 2. The number of rotatable bonds is 5. The molecule has 1 unspecified atom stereocenters. The van der Waals surface area contributed by atoms with Gasteiger partial charge >= 0.3 is 0 Å². The van der Waals surface area contributed by atoms with E-state index in [1.54, 1.807) is 6.07 Å². The van der Waals surface area contributed by atoms with Crippen molar-refractivity contribution in [2.45, 2.75) is 25.3 Å². The zero-order valence-corrected chi connectivity index (χ0v) is 10.9. The van der Waals surface area contributed by atoms with Crippen LogP contribution in [0.4, 0.5) is 8.78 Å². The summed E-state index contributed by atoms with van der Waals surface area (Å²) in [4.78, 5) is 0. The lowest BCUT2D eigenvalue weighted by molar-refractivity contribution is 0.0787. The first kappa shape index (κ1) is 13.4. The van der Waals surface area contributed by atoms with E-state index in [1.165, 1.54) is 18.6 Å². The summed E-state index contributed by atoms with van der Waals surface area (Å²) in [6, 6.07) is 4.26. The topological polar surface area (TPSA) is 24.1 Å². The molecular formula is C14H20F2N2. The van der Waals surface area contributed by atoms with Crippen LogP contribution in [0.5, 0.6) is 0 Å². The molecule has 0 saturated heterocycles. The lowest BCUT2D eigenvalue weighted by atomic mass is 9.62. The fourth-order valence-corrected chi connectivity index (χ4v) is 3.07. The summed E-state index contributed by atoms with van der Waals surface area (Å²) in [7, 11) is 3.81. The highest BCUT2D eigenvalue weighted by Gasteiger charge is 2.43. The predicted molar refractivity (Wildman–Crippen MR) is 68.4 cm³/mol. The molecule has 4 heteroatoms. The van der Waals surface area contributed by atoms with Gasteiger partial charge in [0.2, 0.25) is 0 Å². The van der Waals surface area contributed by atoms with Crippen molar-refractivity contribution in [1.29, 1.82) is 0 Å². The summed E-state index contributed by atoms with van der Waals surface area (Å²) in [5.74, 6) is -1.56. The largest absolute Gasteiger partial charge is 0.319 e. The molecule has 1 aliphatic carbocycles. The summed E-state index contributed by atoms with van der Waals surface area (Å²) >= 11 is 0. The Kier molecular flexibility index (Phi) is 3.97. The first-order chi connectivity index (χ1) is 8.63. The average Bonchev–Trinajstić information content (AvgIpc) is 2.31. The van der Waals surface area contributed by atoms with Crippen LogP contribution in [-0.4, -0.2) is 20.6 Å². The van der Waals surface area contributed by atoms with Gasteiger partial charge in [-0.05, 0) is 44.6 Å². The summed E-state index contributed by atoms with van der Waals surface area (Å²) in [6.07, 6.45) is 3.42. The van der Waals surface area contributed by atoms with Gasteiger partial charge in [0.05, 0.1) is 0 Å². The van der Waals surface area contributed by atoms with Crippen LogP contribution in [0.1, 0.15) is 30.9 Å². The average molecular weight is 254 g/mol. The third-order valence-corrected chi connectivity index (χ3v) is 4.06. The van der Waals surface area contributed by atoms with Crippen molar-refractivity contribution in [3.63, 3.8) is 0 Å². The molecule has 1 aliphatic rings. The quantitative estimate of drug-likeness (QED) is 0.844. The molecule has 2 nitrogen and oxygen atoms in total. The van der Waals surface area contributed by atoms with E-state index in [2.05, 4.69) is 10.6 Å². The van der Waals surface area contributed by atoms with E-state index in [-0.39, 0.29) is 11.5 Å². The van der Waals surface area contributed by atoms with E-state index in [4.69, 9.17) is 0 Å². The number of hydrogen-bond acceptors (Lipinski definition) is 2. The molecule has 0 heterocycles. The Labute approximate surface area is 107 Å². The van der Waals surface area contributed by atoms with Crippen molar-refractivity contribution >= 4 is 0 Å². The van der Waals surface area contributed by atoms with Gasteiger partial charge in [-0.15, -0.1) is 0 Å². The molecule has 100 valence electrons. The van der Waals surface area contributed by atoms with Crippen LogP contribution in [0.15, 0.2) is 18.2 Å². The Morgan fingerprint density at radius 1 is 1.22 bits per heavy atom. The van der Waals surface area contributed by atoms with E-state index in [1.807, 2.05) is 14.1 Å². The smallest absolute Gasteiger partial charge is 0.159 e. The van der Waals surface area contributed by atoms with Crippen molar-refractivity contribution < 1.29 is 8.78 Å². The Morgan fingerprint density at radius 3 is 2.39 bits per heavy atom. The minimum atomic E-state index is -0.787. The fraction of sp³-hybridized carbons (Fsp3) is 0.571. The maximum Gasteiger partial charge on any atom is 0.159 e. The van der Waals surface area contributed by atoms with E-state index >= 15 is 0 Å². The molecule has 1 saturated carbocycles. The molecule has 1 atom stereocenters. The lowest BCUT2D eigenvalue weighted by Crippen LogP contribution is -2.48. The van der Waals surface area contributed by atoms with Crippen LogP contribution in [0.3, 0.4) is 0 Å². The highest BCUT2D eigenvalue weighted by molar-refractivity contribution is 5.24. The SMILES string of the molecule is CNCC1(C(NC)c2ccc(F)c(F)c2)CCC1. The maximum atomic E-state index is 13.4. The second kappa shape index (κ2) is 5.33. The summed E-state index contributed by atoms with van der Waals surface area (Å²) < 4.78 is 26.4. The summed E-state index contributed by atoms with van der Waals surface area (Å²) in [5, 5.41) is 6.48. The lowest BCUT2D eigenvalue weighted by Gasteiger charge is -2.48. The predicted octanol–water partition coefficient (Wildman–Crippen LogP) is 2.62. The molecule has 2 N–H and O–H groups in total. The van der Waals surface area contributed by atoms with Gasteiger partial charge in [0.1, 0.15) is 0 Å². The van der Waals surface area contributed by atoms with Crippen LogP contribution < -0.4 is 10.6 Å². The van der Waals surface area contributed by atoms with Crippen molar-refractivity contribution in [1.82, 2.24) is 10.6 Å². The molecule has 0 radical (unpaired) electrons. The molecule has 18 heavy (non-hydrogen) atoms. The first-order valence-electron chi connectivity index (χ1n) is 6.40. The highest BCUT2D eigenvalue weighted by atomic mass is 19.2. The zero-order chi connectivity index (χ0) is 13.2.